The van der Waals surface area contributed by atoms with Crippen molar-refractivity contribution in [2.45, 2.75) is 83.6 Å². The normalized spacial score (nSPS) is 36.3. The number of rotatable bonds is 6. The molecule has 2 saturated carbocycles. The first-order valence-electron chi connectivity index (χ1n) is 12.8. The van der Waals surface area contributed by atoms with E-state index < -0.39 is 89.1 Å². The molecule has 212 valence electrons. The molecule has 1 aromatic carbocycles. The third kappa shape index (κ3) is 4.31. The molecule has 1 aliphatic heterocycles. The molecule has 11 heteroatoms. The fourth-order valence-electron chi connectivity index (χ4n) is 7.06. The summed E-state index contributed by atoms with van der Waals surface area (Å²) >= 11 is 0. The van der Waals surface area contributed by atoms with Gasteiger partial charge in [0.15, 0.2) is 18.0 Å². The summed E-state index contributed by atoms with van der Waals surface area (Å²) in [5.74, 6) is -5.42. The molecule has 3 fully saturated rings. The predicted molar refractivity (Wildman–Crippen MR) is 132 cm³/mol. The molecule has 11 nitrogen and oxygen atoms in total. The smallest absolute Gasteiger partial charge is 0.338 e. The molecule has 4 rings (SSSR count). The minimum Gasteiger partial charge on any atom is -0.459 e. The van der Waals surface area contributed by atoms with Gasteiger partial charge in [-0.3, -0.25) is 19.2 Å². The first kappa shape index (κ1) is 28.7. The maximum atomic E-state index is 14.3. The summed E-state index contributed by atoms with van der Waals surface area (Å²) in [6.07, 6.45) is -5.48. The molecule has 2 bridgehead atoms. The zero-order valence-electron chi connectivity index (χ0n) is 22.8. The van der Waals surface area contributed by atoms with Crippen LogP contribution in [0.2, 0.25) is 0 Å². The molecule has 0 amide bonds. The van der Waals surface area contributed by atoms with Crippen molar-refractivity contribution in [3.8, 4) is 0 Å². The summed E-state index contributed by atoms with van der Waals surface area (Å²) < 4.78 is 29.6. The number of fused-ring (bicyclic) bond motifs is 1. The molecule has 1 spiro atoms. The molecule has 0 radical (unpaired) electrons. The minimum atomic E-state index is -2.01. The number of benzene rings is 1. The van der Waals surface area contributed by atoms with Crippen molar-refractivity contribution in [1.29, 1.82) is 0 Å². The van der Waals surface area contributed by atoms with Crippen molar-refractivity contribution in [1.82, 2.24) is 0 Å². The van der Waals surface area contributed by atoms with Crippen LogP contribution in [0.5, 0.6) is 0 Å². The number of carbonyl (C=O) groups is 5. The Morgan fingerprint density at radius 2 is 1.49 bits per heavy atom. The minimum absolute atomic E-state index is 0.0768. The molecule has 1 N–H and O–H groups in total. The second-order valence-electron chi connectivity index (χ2n) is 11.1. The Balaban J connectivity index is 2.01. The highest BCUT2D eigenvalue weighted by molar-refractivity contribution is 5.96. The zero-order chi connectivity index (χ0) is 28.9. The van der Waals surface area contributed by atoms with E-state index in [0.717, 1.165) is 6.92 Å². The van der Waals surface area contributed by atoms with E-state index >= 15 is 0 Å². The van der Waals surface area contributed by atoms with E-state index in [1.54, 1.807) is 39.0 Å². The van der Waals surface area contributed by atoms with Crippen molar-refractivity contribution in [3.63, 3.8) is 0 Å². The first-order chi connectivity index (χ1) is 18.2. The largest absolute Gasteiger partial charge is 0.459 e. The van der Waals surface area contributed by atoms with Gasteiger partial charge >= 0.3 is 23.9 Å². The summed E-state index contributed by atoms with van der Waals surface area (Å²) in [5.41, 5.74) is -4.78. The summed E-state index contributed by atoms with van der Waals surface area (Å²) in [4.78, 5) is 64.5. The van der Waals surface area contributed by atoms with Gasteiger partial charge in [0.2, 0.25) is 0 Å². The summed E-state index contributed by atoms with van der Waals surface area (Å²) in [6.45, 7) is 7.64. The van der Waals surface area contributed by atoms with Crippen LogP contribution >= 0.6 is 0 Å². The lowest BCUT2D eigenvalue weighted by molar-refractivity contribution is -0.312. The van der Waals surface area contributed by atoms with Crippen LogP contribution in [-0.2, 0) is 42.9 Å². The monoisotopic (exact) mass is 546 g/mol. The molecule has 3 aliphatic rings. The highest BCUT2D eigenvalue weighted by Crippen LogP contribution is 2.67. The second-order valence-corrected chi connectivity index (χ2v) is 11.1. The topological polar surface area (TPSA) is 152 Å². The first-order valence-corrected chi connectivity index (χ1v) is 12.8. The zero-order valence-corrected chi connectivity index (χ0v) is 22.8. The number of ketones is 1. The fourth-order valence-corrected chi connectivity index (χ4v) is 7.06. The van der Waals surface area contributed by atoms with E-state index in [9.17, 15) is 29.1 Å². The van der Waals surface area contributed by atoms with Crippen LogP contribution in [0.3, 0.4) is 0 Å². The van der Waals surface area contributed by atoms with Crippen molar-refractivity contribution in [2.24, 2.45) is 17.3 Å². The Morgan fingerprint density at radius 1 is 0.923 bits per heavy atom. The maximum absolute atomic E-state index is 14.3. The summed E-state index contributed by atoms with van der Waals surface area (Å²) in [7, 11) is 0. The van der Waals surface area contributed by atoms with Crippen LogP contribution in [0, 0.1) is 17.3 Å². The second kappa shape index (κ2) is 10.0. The van der Waals surface area contributed by atoms with Crippen LogP contribution < -0.4 is 0 Å². The third-order valence-electron chi connectivity index (χ3n) is 8.23. The fraction of sp³-hybridized carbons (Fsp3) is 0.607. The predicted octanol–water partition coefficient (Wildman–Crippen LogP) is 1.77. The van der Waals surface area contributed by atoms with Gasteiger partial charge in [-0.2, -0.15) is 0 Å². The highest BCUT2D eigenvalue weighted by atomic mass is 16.6. The van der Waals surface area contributed by atoms with E-state index in [1.165, 1.54) is 26.0 Å². The molecule has 8 atom stereocenters. The van der Waals surface area contributed by atoms with Crippen molar-refractivity contribution >= 4 is 29.7 Å². The molecule has 8 unspecified atom stereocenters. The molecule has 0 aromatic heterocycles. The number of hydrogen-bond acceptors (Lipinski definition) is 11. The Labute approximate surface area is 226 Å². The van der Waals surface area contributed by atoms with E-state index in [2.05, 4.69) is 0 Å². The van der Waals surface area contributed by atoms with Gasteiger partial charge in [-0.05, 0) is 38.3 Å². The lowest BCUT2D eigenvalue weighted by Crippen LogP contribution is -2.80. The molecule has 39 heavy (non-hydrogen) atoms. The van der Waals surface area contributed by atoms with E-state index in [1.807, 2.05) is 0 Å². The Bertz CT molecular complexity index is 1180. The Morgan fingerprint density at radius 3 is 2.03 bits per heavy atom. The summed E-state index contributed by atoms with van der Waals surface area (Å²) in [5, 5.41) is 11.2. The highest BCUT2D eigenvalue weighted by Gasteiger charge is 2.84. The number of ether oxygens (including phenoxy) is 5. The van der Waals surface area contributed by atoms with Crippen LogP contribution in [0.25, 0.3) is 0 Å². The van der Waals surface area contributed by atoms with Gasteiger partial charge in [0.25, 0.3) is 0 Å². The van der Waals surface area contributed by atoms with Gasteiger partial charge < -0.3 is 28.8 Å². The van der Waals surface area contributed by atoms with Gasteiger partial charge in [-0.25, -0.2) is 4.79 Å². The lowest BCUT2D eigenvalue weighted by Gasteiger charge is -2.62. The van der Waals surface area contributed by atoms with Gasteiger partial charge in [0.1, 0.15) is 23.2 Å². The van der Waals surface area contributed by atoms with Crippen LogP contribution in [0.15, 0.2) is 30.3 Å². The number of Topliss-reactive ketones (excluding diaryl/α,β-unsaturated/α-hetero) is 1. The van der Waals surface area contributed by atoms with Gasteiger partial charge in [-0.1, -0.05) is 25.1 Å². The van der Waals surface area contributed by atoms with E-state index in [0.29, 0.717) is 0 Å². The van der Waals surface area contributed by atoms with Gasteiger partial charge in [0, 0.05) is 20.8 Å². The average Bonchev–Trinajstić information content (AvgIpc) is 3.04. The van der Waals surface area contributed by atoms with Crippen LogP contribution in [0.1, 0.15) is 58.3 Å². The molecule has 1 aromatic rings. The standard InChI is InChI=1S/C28H34O11/c1-14-12-19(35-15(2)30)22(36-16(3)31)27(13-29)24(38-25(34)18-10-8-7-9-11-18)21(33)20-23(37-17(4)32)28(14,27)39-26(20,5)6/h7-11,14,19-20,22-24,29H,12-13H2,1-6H3. The van der Waals surface area contributed by atoms with Crippen LogP contribution in [-0.4, -0.2) is 77.0 Å². The molecule has 2 aliphatic carbocycles. The van der Waals surface area contributed by atoms with Gasteiger partial charge in [0.05, 0.1) is 23.7 Å². The quantitative estimate of drug-likeness (QED) is 0.410. The van der Waals surface area contributed by atoms with Crippen molar-refractivity contribution in [3.05, 3.63) is 35.9 Å². The average molecular weight is 547 g/mol. The maximum Gasteiger partial charge on any atom is 0.338 e. The third-order valence-corrected chi connectivity index (χ3v) is 8.23. The summed E-state index contributed by atoms with van der Waals surface area (Å²) in [6, 6.07) is 7.95. The number of hydrogen-bond donors (Lipinski definition) is 1. The van der Waals surface area contributed by atoms with E-state index in [4.69, 9.17) is 23.7 Å². The molecular formula is C28H34O11. The van der Waals surface area contributed by atoms with Crippen LogP contribution in [0.4, 0.5) is 0 Å². The SMILES string of the molecule is CC(=O)OC1CC(C)C23OC(C)(C)C(C(=O)C(OC(=O)c4ccccc4)C2(CO)C1OC(C)=O)C3OC(C)=O. The number of aliphatic hydroxyl groups excluding tert-OH is 1. The number of aliphatic hydroxyl groups is 1. The Kier molecular flexibility index (Phi) is 7.37. The number of esters is 4. The van der Waals surface area contributed by atoms with E-state index in [-0.39, 0.29) is 12.0 Å². The lowest BCUT2D eigenvalue weighted by atomic mass is 9.47. The van der Waals surface area contributed by atoms with Gasteiger partial charge in [-0.15, -0.1) is 0 Å². The molecular weight excluding hydrogens is 512 g/mol. The van der Waals surface area contributed by atoms with Crippen molar-refractivity contribution in [2.75, 3.05) is 6.61 Å². The molecule has 1 saturated heterocycles. The Hall–Kier alpha value is -3.31. The molecule has 1 heterocycles. The van der Waals surface area contributed by atoms with Crippen molar-refractivity contribution < 1.29 is 52.8 Å². The number of carbonyl (C=O) groups excluding carboxylic acids is 5.